The molecule has 3 N–H and O–H groups in total. The number of imidazole rings is 1. The van der Waals surface area contributed by atoms with Crippen molar-refractivity contribution < 1.29 is 5.11 Å². The minimum absolute atomic E-state index is 0.0639. The number of H-pyrrole nitrogens is 1. The topological polar surface area (TPSA) is 120 Å². The lowest BCUT2D eigenvalue weighted by Crippen LogP contribution is -2.17. The molecule has 0 atom stereocenters. The number of benzene rings is 2. The fourth-order valence-corrected chi connectivity index (χ4v) is 3.41. The monoisotopic (exact) mass is 386 g/mol. The van der Waals surface area contributed by atoms with E-state index in [0.29, 0.717) is 22.7 Å². The van der Waals surface area contributed by atoms with Crippen molar-refractivity contribution in [3.05, 3.63) is 75.3 Å². The maximum Gasteiger partial charge on any atom is 0.332 e. The van der Waals surface area contributed by atoms with Crippen LogP contribution in [0.5, 0.6) is 0 Å². The summed E-state index contributed by atoms with van der Waals surface area (Å²) in [4.78, 5) is 24.3. The summed E-state index contributed by atoms with van der Waals surface area (Å²) in [5, 5.41) is 21.4. The van der Waals surface area contributed by atoms with Crippen molar-refractivity contribution in [3.8, 4) is 11.8 Å². The number of anilines is 2. The number of aryl methyl sites for hydroxylation is 2. The molecular weight excluding hydrogens is 368 g/mol. The predicted octanol–water partition coefficient (Wildman–Crippen LogP) is 2.83. The molecule has 0 aliphatic heterocycles. The van der Waals surface area contributed by atoms with Gasteiger partial charge in [-0.2, -0.15) is 10.2 Å². The van der Waals surface area contributed by atoms with Gasteiger partial charge in [-0.1, -0.05) is 12.1 Å². The second kappa shape index (κ2) is 7.22. The SMILES string of the molecule is Cc1cc(CO)cc(C)c1-n1c(=O)[nH]c2cnc(Nc3ccc(C#N)cc3)nc21. The van der Waals surface area contributed by atoms with Crippen LogP contribution in [-0.2, 0) is 6.61 Å². The third-order valence-corrected chi connectivity index (χ3v) is 4.65. The highest BCUT2D eigenvalue weighted by Gasteiger charge is 2.16. The second-order valence-electron chi connectivity index (χ2n) is 6.75. The number of aromatic amines is 1. The van der Waals surface area contributed by atoms with Gasteiger partial charge in [-0.15, -0.1) is 0 Å². The molecule has 8 heteroatoms. The van der Waals surface area contributed by atoms with E-state index in [0.717, 1.165) is 28.1 Å². The molecular formula is C21H18N6O2. The van der Waals surface area contributed by atoms with Crippen LogP contribution in [0.25, 0.3) is 16.9 Å². The Kier molecular flexibility index (Phi) is 4.58. The summed E-state index contributed by atoms with van der Waals surface area (Å²) < 4.78 is 1.52. The molecule has 4 aromatic rings. The highest BCUT2D eigenvalue weighted by Crippen LogP contribution is 2.24. The van der Waals surface area contributed by atoms with Gasteiger partial charge in [-0.3, -0.25) is 0 Å². The normalized spacial score (nSPS) is 10.8. The van der Waals surface area contributed by atoms with E-state index in [2.05, 4.69) is 26.3 Å². The minimum Gasteiger partial charge on any atom is -0.392 e. The van der Waals surface area contributed by atoms with E-state index in [1.165, 1.54) is 4.57 Å². The summed E-state index contributed by atoms with van der Waals surface area (Å²) in [6.45, 7) is 3.72. The fourth-order valence-electron chi connectivity index (χ4n) is 3.41. The predicted molar refractivity (Wildman–Crippen MR) is 109 cm³/mol. The van der Waals surface area contributed by atoms with E-state index in [1.807, 2.05) is 26.0 Å². The van der Waals surface area contributed by atoms with Gasteiger partial charge in [-0.05, 0) is 54.8 Å². The molecule has 2 aromatic carbocycles. The van der Waals surface area contributed by atoms with Crippen LogP contribution in [0.15, 0.2) is 47.4 Å². The smallest absolute Gasteiger partial charge is 0.332 e. The summed E-state index contributed by atoms with van der Waals surface area (Å²) in [6.07, 6.45) is 1.55. The number of hydrogen-bond donors (Lipinski definition) is 3. The van der Waals surface area contributed by atoms with Gasteiger partial charge >= 0.3 is 5.69 Å². The zero-order valence-corrected chi connectivity index (χ0v) is 15.9. The van der Waals surface area contributed by atoms with E-state index in [4.69, 9.17) is 5.26 Å². The maximum atomic E-state index is 12.7. The van der Waals surface area contributed by atoms with Crippen LogP contribution in [0.2, 0.25) is 0 Å². The number of fused-ring (bicyclic) bond motifs is 1. The van der Waals surface area contributed by atoms with Crippen molar-refractivity contribution in [2.45, 2.75) is 20.5 Å². The Morgan fingerprint density at radius 1 is 1.21 bits per heavy atom. The van der Waals surface area contributed by atoms with Crippen molar-refractivity contribution in [3.63, 3.8) is 0 Å². The Labute approximate surface area is 166 Å². The number of nitriles is 1. The van der Waals surface area contributed by atoms with E-state index in [1.54, 1.807) is 30.5 Å². The highest BCUT2D eigenvalue weighted by molar-refractivity contribution is 5.75. The molecule has 144 valence electrons. The third-order valence-electron chi connectivity index (χ3n) is 4.65. The standard InChI is InChI=1S/C21H18N6O2/c1-12-7-15(11-28)8-13(2)18(12)27-19-17(25-21(27)29)10-23-20(26-19)24-16-5-3-14(9-22)4-6-16/h3-8,10,28H,11H2,1-2H3,(H,25,29)(H,23,24,26). The fraction of sp³-hybridized carbons (Fsp3) is 0.143. The maximum absolute atomic E-state index is 12.7. The zero-order chi connectivity index (χ0) is 20.5. The molecule has 0 bridgehead atoms. The molecule has 0 radical (unpaired) electrons. The molecule has 0 saturated heterocycles. The van der Waals surface area contributed by atoms with E-state index in [9.17, 15) is 9.90 Å². The lowest BCUT2D eigenvalue weighted by molar-refractivity contribution is 0.281. The van der Waals surface area contributed by atoms with Gasteiger partial charge in [0.05, 0.1) is 30.1 Å². The molecule has 0 saturated carbocycles. The molecule has 0 unspecified atom stereocenters. The van der Waals surface area contributed by atoms with Gasteiger partial charge in [0.15, 0.2) is 5.65 Å². The molecule has 0 amide bonds. The molecule has 0 aliphatic carbocycles. The van der Waals surface area contributed by atoms with Gasteiger partial charge in [-0.25, -0.2) is 14.3 Å². The number of aliphatic hydroxyl groups is 1. The van der Waals surface area contributed by atoms with Crippen LogP contribution in [0.3, 0.4) is 0 Å². The highest BCUT2D eigenvalue weighted by atomic mass is 16.3. The van der Waals surface area contributed by atoms with Crippen LogP contribution >= 0.6 is 0 Å². The van der Waals surface area contributed by atoms with Crippen molar-refractivity contribution in [1.29, 1.82) is 5.26 Å². The van der Waals surface area contributed by atoms with E-state index in [-0.39, 0.29) is 12.3 Å². The summed E-state index contributed by atoms with van der Waals surface area (Å²) in [7, 11) is 0. The van der Waals surface area contributed by atoms with Gasteiger partial charge in [0.2, 0.25) is 5.95 Å². The van der Waals surface area contributed by atoms with Crippen LogP contribution in [0.1, 0.15) is 22.3 Å². The largest absolute Gasteiger partial charge is 0.392 e. The molecule has 0 aliphatic rings. The van der Waals surface area contributed by atoms with Gasteiger partial charge in [0.25, 0.3) is 0 Å². The van der Waals surface area contributed by atoms with E-state index < -0.39 is 0 Å². The number of hydrogen-bond acceptors (Lipinski definition) is 6. The zero-order valence-electron chi connectivity index (χ0n) is 15.9. The molecule has 4 rings (SSSR count). The van der Waals surface area contributed by atoms with Crippen molar-refractivity contribution in [1.82, 2.24) is 19.5 Å². The van der Waals surface area contributed by atoms with Gasteiger partial charge < -0.3 is 15.4 Å². The van der Waals surface area contributed by atoms with Crippen molar-refractivity contribution in [2.24, 2.45) is 0 Å². The summed E-state index contributed by atoms with van der Waals surface area (Å²) in [6, 6.07) is 12.7. The number of nitrogens with one attached hydrogen (secondary N) is 2. The van der Waals surface area contributed by atoms with Gasteiger partial charge in [0.1, 0.15) is 5.52 Å². The Balaban J connectivity index is 1.82. The average Bonchev–Trinajstić information content (AvgIpc) is 3.03. The Bertz CT molecular complexity index is 1290. The first-order valence-corrected chi connectivity index (χ1v) is 8.96. The Hall–Kier alpha value is -3.96. The molecule has 2 aromatic heterocycles. The Morgan fingerprint density at radius 2 is 1.90 bits per heavy atom. The quantitative estimate of drug-likeness (QED) is 0.496. The molecule has 8 nitrogen and oxygen atoms in total. The first-order chi connectivity index (χ1) is 14.0. The lowest BCUT2D eigenvalue weighted by Gasteiger charge is -2.13. The number of aromatic nitrogens is 4. The summed E-state index contributed by atoms with van der Waals surface area (Å²) in [5.74, 6) is 0.331. The molecule has 2 heterocycles. The lowest BCUT2D eigenvalue weighted by atomic mass is 10.0. The summed E-state index contributed by atoms with van der Waals surface area (Å²) >= 11 is 0. The molecule has 0 fully saturated rings. The van der Waals surface area contributed by atoms with Crippen LogP contribution in [-0.4, -0.2) is 24.6 Å². The minimum atomic E-state index is -0.312. The van der Waals surface area contributed by atoms with Crippen LogP contribution in [0.4, 0.5) is 11.6 Å². The molecule has 29 heavy (non-hydrogen) atoms. The average molecular weight is 386 g/mol. The van der Waals surface area contributed by atoms with E-state index >= 15 is 0 Å². The van der Waals surface area contributed by atoms with Gasteiger partial charge in [0, 0.05) is 5.69 Å². The third kappa shape index (κ3) is 3.35. The number of nitrogens with zero attached hydrogens (tertiary/aromatic N) is 4. The van der Waals surface area contributed by atoms with Crippen LogP contribution < -0.4 is 11.0 Å². The Morgan fingerprint density at radius 3 is 2.52 bits per heavy atom. The first kappa shape index (κ1) is 18.4. The summed E-state index contributed by atoms with van der Waals surface area (Å²) in [5.41, 5.74) is 5.17. The number of aliphatic hydroxyl groups excluding tert-OH is 1. The number of rotatable bonds is 4. The second-order valence-corrected chi connectivity index (χ2v) is 6.75. The van der Waals surface area contributed by atoms with Crippen molar-refractivity contribution >= 4 is 22.8 Å². The van der Waals surface area contributed by atoms with Crippen LogP contribution in [0, 0.1) is 25.2 Å². The molecule has 0 spiro atoms. The first-order valence-electron chi connectivity index (χ1n) is 8.96. The van der Waals surface area contributed by atoms with Crippen molar-refractivity contribution in [2.75, 3.05) is 5.32 Å².